The largest absolute Gasteiger partial charge is 0.362 e. The van der Waals surface area contributed by atoms with Crippen molar-refractivity contribution in [2.45, 2.75) is 19.9 Å². The summed E-state index contributed by atoms with van der Waals surface area (Å²) in [7, 11) is 1.95. The van der Waals surface area contributed by atoms with Gasteiger partial charge in [-0.3, -0.25) is 4.79 Å². The summed E-state index contributed by atoms with van der Waals surface area (Å²) in [6.07, 6.45) is 3.05. The molecule has 0 saturated heterocycles. The third-order valence-electron chi connectivity index (χ3n) is 4.65. The highest BCUT2D eigenvalue weighted by atomic mass is 16.1. The van der Waals surface area contributed by atoms with E-state index in [0.29, 0.717) is 5.82 Å². The van der Waals surface area contributed by atoms with Gasteiger partial charge >= 0.3 is 0 Å². The molecule has 0 radical (unpaired) electrons. The van der Waals surface area contributed by atoms with Crippen LogP contribution in [0.15, 0.2) is 30.6 Å². The molecule has 0 saturated carbocycles. The van der Waals surface area contributed by atoms with Gasteiger partial charge in [0.2, 0.25) is 0 Å². The molecule has 0 fully saturated rings. The lowest BCUT2D eigenvalue weighted by atomic mass is 10.1. The summed E-state index contributed by atoms with van der Waals surface area (Å²) in [4.78, 5) is 18.9. The van der Waals surface area contributed by atoms with E-state index in [2.05, 4.69) is 37.4 Å². The SMILES string of the molecule is [2H]C([2H])([2H])NC(=O)c1nnccc1Nc1nccc2c1N(C)C(C)c1cc(C)nn1-2. The molecule has 27 heavy (non-hydrogen) atoms. The maximum Gasteiger partial charge on any atom is 0.273 e. The lowest BCUT2D eigenvalue weighted by molar-refractivity contribution is 0.0958. The van der Waals surface area contributed by atoms with E-state index in [1.165, 1.54) is 12.3 Å². The van der Waals surface area contributed by atoms with Crippen LogP contribution in [0.5, 0.6) is 0 Å². The summed E-state index contributed by atoms with van der Waals surface area (Å²) in [5, 5.41) is 17.2. The van der Waals surface area contributed by atoms with Crippen LogP contribution in [0.4, 0.5) is 17.2 Å². The van der Waals surface area contributed by atoms with Gasteiger partial charge in [-0.2, -0.15) is 10.2 Å². The van der Waals surface area contributed by atoms with Crippen LogP contribution in [-0.2, 0) is 0 Å². The Labute approximate surface area is 160 Å². The van der Waals surface area contributed by atoms with Crippen molar-refractivity contribution < 1.29 is 8.91 Å². The van der Waals surface area contributed by atoms with E-state index < -0.39 is 12.9 Å². The fraction of sp³-hybridized carbons (Fsp3) is 0.278. The van der Waals surface area contributed by atoms with Crippen molar-refractivity contribution in [3.05, 3.63) is 47.7 Å². The standard InChI is InChI=1S/C18H20N8O/c1-10-9-14-11(2)25(4)16-13(26(14)24-10)6-7-20-17(16)22-12-5-8-21-23-15(12)18(27)19-3/h5-9,11H,1-4H3,(H,19,27)(H,20,21,22)/i3D3. The van der Waals surface area contributed by atoms with Crippen LogP contribution >= 0.6 is 0 Å². The van der Waals surface area contributed by atoms with Crippen LogP contribution in [0.1, 0.15) is 39.0 Å². The topological polar surface area (TPSA) is 101 Å². The van der Waals surface area contributed by atoms with Gasteiger partial charge in [0.25, 0.3) is 5.91 Å². The molecule has 9 heteroatoms. The molecule has 2 N–H and O–H groups in total. The quantitative estimate of drug-likeness (QED) is 0.730. The van der Waals surface area contributed by atoms with Gasteiger partial charge in [0.15, 0.2) is 11.5 Å². The number of hydrogen-bond acceptors (Lipinski definition) is 7. The van der Waals surface area contributed by atoms with Crippen LogP contribution in [0.3, 0.4) is 0 Å². The number of aromatic nitrogens is 5. The zero-order chi connectivity index (χ0) is 21.6. The van der Waals surface area contributed by atoms with E-state index in [9.17, 15) is 4.79 Å². The van der Waals surface area contributed by atoms with Gasteiger partial charge in [-0.1, -0.05) is 0 Å². The van der Waals surface area contributed by atoms with E-state index >= 15 is 0 Å². The Morgan fingerprint density at radius 2 is 2.19 bits per heavy atom. The smallest absolute Gasteiger partial charge is 0.273 e. The molecule has 1 aliphatic heterocycles. The minimum Gasteiger partial charge on any atom is -0.362 e. The Kier molecular flexibility index (Phi) is 3.22. The number of nitrogens with one attached hydrogen (secondary N) is 2. The average molecular weight is 367 g/mol. The molecule has 4 heterocycles. The first-order chi connectivity index (χ1) is 14.2. The van der Waals surface area contributed by atoms with Crippen LogP contribution in [0.2, 0.25) is 0 Å². The van der Waals surface area contributed by atoms with E-state index in [1.54, 1.807) is 6.20 Å². The fourth-order valence-corrected chi connectivity index (χ4v) is 3.24. The normalized spacial score (nSPS) is 17.2. The number of nitrogens with zero attached hydrogens (tertiary/aromatic N) is 6. The number of carbonyl (C=O) groups excluding carboxylic acids is 1. The third kappa shape index (κ3) is 2.67. The molecule has 0 aliphatic carbocycles. The zero-order valence-electron chi connectivity index (χ0n) is 18.1. The Morgan fingerprint density at radius 1 is 1.33 bits per heavy atom. The molecule has 0 aromatic carbocycles. The molecular formula is C18H20N8O. The maximum absolute atomic E-state index is 12.4. The van der Waals surface area contributed by atoms with Crippen molar-refractivity contribution in [3.8, 4) is 5.69 Å². The number of rotatable bonds is 3. The second kappa shape index (κ2) is 6.35. The number of anilines is 3. The molecule has 1 atom stereocenters. The second-order valence-electron chi connectivity index (χ2n) is 6.31. The predicted molar refractivity (Wildman–Crippen MR) is 102 cm³/mol. The lowest BCUT2D eigenvalue weighted by Gasteiger charge is -2.35. The second-order valence-corrected chi connectivity index (χ2v) is 6.31. The molecular weight excluding hydrogens is 344 g/mol. The minimum atomic E-state index is -2.64. The van der Waals surface area contributed by atoms with E-state index in [0.717, 1.165) is 22.8 Å². The van der Waals surface area contributed by atoms with Gasteiger partial charge in [-0.05, 0) is 32.0 Å². The van der Waals surface area contributed by atoms with Crippen LogP contribution in [0, 0.1) is 6.92 Å². The summed E-state index contributed by atoms with van der Waals surface area (Å²) in [6.45, 7) is 1.37. The first-order valence-corrected chi connectivity index (χ1v) is 8.35. The Bertz CT molecular complexity index is 1130. The van der Waals surface area contributed by atoms with Gasteiger partial charge in [0.05, 0.1) is 35.0 Å². The molecule has 0 bridgehead atoms. The number of carbonyl (C=O) groups is 1. The summed E-state index contributed by atoms with van der Waals surface area (Å²) in [6, 6.07) is 5.49. The van der Waals surface area contributed by atoms with Crippen molar-refractivity contribution in [1.29, 1.82) is 0 Å². The number of pyridine rings is 1. The number of aryl methyl sites for hydroxylation is 1. The number of amides is 1. The molecule has 1 aliphatic rings. The summed E-state index contributed by atoms with van der Waals surface area (Å²) in [5.74, 6) is -0.376. The minimum absolute atomic E-state index is 0.0392. The molecule has 3 aromatic heterocycles. The van der Waals surface area contributed by atoms with Crippen molar-refractivity contribution in [2.24, 2.45) is 0 Å². The van der Waals surface area contributed by atoms with Gasteiger partial charge in [0, 0.05) is 24.3 Å². The van der Waals surface area contributed by atoms with Crippen LogP contribution in [0.25, 0.3) is 5.69 Å². The Balaban J connectivity index is 1.77. The van der Waals surface area contributed by atoms with Gasteiger partial charge in [0.1, 0.15) is 5.69 Å². The molecule has 9 nitrogen and oxygen atoms in total. The molecule has 138 valence electrons. The van der Waals surface area contributed by atoms with Gasteiger partial charge < -0.3 is 15.5 Å². The van der Waals surface area contributed by atoms with Crippen LogP contribution in [-0.4, -0.2) is 44.9 Å². The van der Waals surface area contributed by atoms with Crippen molar-refractivity contribution in [3.63, 3.8) is 0 Å². The first-order valence-electron chi connectivity index (χ1n) is 9.85. The zero-order valence-corrected chi connectivity index (χ0v) is 15.1. The Hall–Kier alpha value is -3.49. The van der Waals surface area contributed by atoms with Crippen molar-refractivity contribution >= 4 is 23.1 Å². The van der Waals surface area contributed by atoms with Crippen molar-refractivity contribution in [1.82, 2.24) is 30.3 Å². The highest BCUT2D eigenvalue weighted by Crippen LogP contribution is 2.41. The predicted octanol–water partition coefficient (Wildman–Crippen LogP) is 1.98. The van der Waals surface area contributed by atoms with Crippen molar-refractivity contribution in [2.75, 3.05) is 24.2 Å². The monoisotopic (exact) mass is 367 g/mol. The number of hydrogen-bond donors (Lipinski definition) is 2. The average Bonchev–Trinajstić information content (AvgIpc) is 3.07. The molecule has 0 spiro atoms. The van der Waals surface area contributed by atoms with Gasteiger partial charge in [-0.25, -0.2) is 9.67 Å². The van der Waals surface area contributed by atoms with E-state index in [-0.39, 0.29) is 17.4 Å². The summed E-state index contributed by atoms with van der Waals surface area (Å²) >= 11 is 0. The third-order valence-corrected chi connectivity index (χ3v) is 4.65. The van der Waals surface area contributed by atoms with Gasteiger partial charge in [-0.15, -0.1) is 5.10 Å². The van der Waals surface area contributed by atoms with E-state index in [1.807, 2.05) is 36.1 Å². The summed E-state index contributed by atoms with van der Waals surface area (Å²) < 4.78 is 23.6. The molecule has 3 aromatic rings. The summed E-state index contributed by atoms with van der Waals surface area (Å²) in [5.41, 5.74) is 3.74. The molecule has 4 rings (SSSR count). The Morgan fingerprint density at radius 3 is 3.00 bits per heavy atom. The van der Waals surface area contributed by atoms with Crippen LogP contribution < -0.4 is 15.5 Å². The lowest BCUT2D eigenvalue weighted by Crippen LogP contribution is -2.30. The first kappa shape index (κ1) is 13.7. The highest BCUT2D eigenvalue weighted by Gasteiger charge is 2.30. The maximum atomic E-state index is 12.4. The fourth-order valence-electron chi connectivity index (χ4n) is 3.24. The highest BCUT2D eigenvalue weighted by molar-refractivity contribution is 5.98. The van der Waals surface area contributed by atoms with E-state index in [4.69, 9.17) is 4.11 Å². The molecule has 1 unspecified atom stereocenters. The number of fused-ring (bicyclic) bond motifs is 3. The molecule has 1 amide bonds.